The number of pyridine rings is 1. The fraction of sp³-hybridized carbons (Fsp3) is 0. The van der Waals surface area contributed by atoms with E-state index in [2.05, 4.69) is 30.0 Å². The summed E-state index contributed by atoms with van der Waals surface area (Å²) in [4.78, 5) is 4.85. The Balaban J connectivity index is 2.02. The van der Waals surface area contributed by atoms with E-state index in [4.69, 9.17) is 17.8 Å². The lowest BCUT2D eigenvalue weighted by atomic mass is 9.97. The Hall–Kier alpha value is -3.81. The van der Waals surface area contributed by atoms with Crippen molar-refractivity contribution in [3.05, 3.63) is 90.0 Å². The molecule has 0 amide bonds. The normalized spacial score (nSPS) is 10.2. The van der Waals surface area contributed by atoms with Crippen LogP contribution in [0.2, 0.25) is 0 Å². The molecule has 0 atom stereocenters. The highest BCUT2D eigenvalue weighted by atomic mass is 14.7. The van der Waals surface area contributed by atoms with Gasteiger partial charge in [0.25, 0.3) is 0 Å². The van der Waals surface area contributed by atoms with Crippen LogP contribution in [0.15, 0.2) is 78.9 Å². The molecule has 1 heterocycles. The Bertz CT molecular complexity index is 1190. The molecule has 120 valence electrons. The molecule has 0 saturated carbocycles. The number of hydrogen-bond acceptors (Lipinski definition) is 1. The van der Waals surface area contributed by atoms with Gasteiger partial charge in [-0.2, -0.15) is 0 Å². The summed E-state index contributed by atoms with van der Waals surface area (Å²) >= 11 is 0. The molecule has 26 heavy (non-hydrogen) atoms. The van der Waals surface area contributed by atoms with Crippen molar-refractivity contribution in [1.82, 2.24) is 4.98 Å². The van der Waals surface area contributed by atoms with E-state index in [1.165, 1.54) is 0 Å². The molecule has 0 fully saturated rings. The van der Waals surface area contributed by atoms with E-state index in [1.807, 2.05) is 60.7 Å². The fourth-order valence-corrected chi connectivity index (χ4v) is 3.09. The molecule has 0 saturated heterocycles. The minimum absolute atomic E-state index is 0.841. The van der Waals surface area contributed by atoms with E-state index in [-0.39, 0.29) is 0 Å². The third kappa shape index (κ3) is 2.84. The first kappa shape index (κ1) is 15.7. The Morgan fingerprint density at radius 1 is 0.654 bits per heavy atom. The van der Waals surface area contributed by atoms with Gasteiger partial charge >= 0.3 is 0 Å². The SMILES string of the molecule is C#Cc1cccc(-c2cc(-c3ccccc3)c3cc(C#C)ccc3n2)c1. The maximum Gasteiger partial charge on any atom is 0.0716 e. The number of aromatic nitrogens is 1. The molecular formula is C25H15N. The van der Waals surface area contributed by atoms with Crippen LogP contribution in [0.4, 0.5) is 0 Å². The lowest BCUT2D eigenvalue weighted by Crippen LogP contribution is -1.91. The van der Waals surface area contributed by atoms with Gasteiger partial charge in [-0.25, -0.2) is 4.98 Å². The molecule has 0 aliphatic rings. The average molecular weight is 329 g/mol. The zero-order valence-corrected chi connectivity index (χ0v) is 14.1. The number of nitrogens with zero attached hydrogens (tertiary/aromatic N) is 1. The van der Waals surface area contributed by atoms with Crippen LogP contribution in [0.3, 0.4) is 0 Å². The van der Waals surface area contributed by atoms with Crippen LogP contribution < -0.4 is 0 Å². The molecule has 0 spiro atoms. The molecule has 0 aliphatic heterocycles. The summed E-state index contributed by atoms with van der Waals surface area (Å²) < 4.78 is 0. The van der Waals surface area contributed by atoms with Gasteiger partial charge in [0.1, 0.15) is 0 Å². The van der Waals surface area contributed by atoms with Gasteiger partial charge in [-0.1, -0.05) is 54.3 Å². The van der Waals surface area contributed by atoms with Crippen LogP contribution in [0.5, 0.6) is 0 Å². The maximum absolute atomic E-state index is 5.59. The number of rotatable bonds is 2. The van der Waals surface area contributed by atoms with Crippen molar-refractivity contribution >= 4 is 10.9 Å². The summed E-state index contributed by atoms with van der Waals surface area (Å²) in [5, 5.41) is 1.04. The average Bonchev–Trinajstić information content (AvgIpc) is 2.73. The highest BCUT2D eigenvalue weighted by molar-refractivity contribution is 5.97. The first-order valence-corrected chi connectivity index (χ1v) is 8.32. The molecule has 0 aliphatic carbocycles. The first-order valence-electron chi connectivity index (χ1n) is 8.32. The summed E-state index contributed by atoms with van der Waals surface area (Å²) in [5.74, 6) is 5.39. The predicted octanol–water partition coefficient (Wildman–Crippen LogP) is 5.53. The number of hydrogen-bond donors (Lipinski definition) is 0. The van der Waals surface area contributed by atoms with E-state index in [9.17, 15) is 0 Å². The molecule has 1 aromatic heterocycles. The van der Waals surface area contributed by atoms with Gasteiger partial charge < -0.3 is 0 Å². The summed E-state index contributed by atoms with van der Waals surface area (Å²) in [6.45, 7) is 0. The second-order valence-electron chi connectivity index (χ2n) is 6.02. The van der Waals surface area contributed by atoms with Gasteiger partial charge in [0, 0.05) is 22.1 Å². The second-order valence-corrected chi connectivity index (χ2v) is 6.02. The zero-order valence-electron chi connectivity index (χ0n) is 14.1. The third-order valence-electron chi connectivity index (χ3n) is 4.39. The van der Waals surface area contributed by atoms with Crippen molar-refractivity contribution in [2.75, 3.05) is 0 Å². The molecule has 1 nitrogen and oxygen atoms in total. The van der Waals surface area contributed by atoms with E-state index in [0.29, 0.717) is 0 Å². The van der Waals surface area contributed by atoms with Crippen molar-refractivity contribution < 1.29 is 0 Å². The quantitative estimate of drug-likeness (QED) is 0.441. The van der Waals surface area contributed by atoms with Gasteiger partial charge in [-0.05, 0) is 47.5 Å². The van der Waals surface area contributed by atoms with Crippen LogP contribution >= 0.6 is 0 Å². The molecule has 4 rings (SSSR count). The van der Waals surface area contributed by atoms with Gasteiger partial charge in [0.2, 0.25) is 0 Å². The van der Waals surface area contributed by atoms with Crippen LogP contribution in [0.25, 0.3) is 33.3 Å². The Kier molecular flexibility index (Phi) is 3.98. The fourth-order valence-electron chi connectivity index (χ4n) is 3.09. The monoisotopic (exact) mass is 329 g/mol. The number of benzene rings is 3. The zero-order chi connectivity index (χ0) is 17.9. The standard InChI is InChI=1S/C25H15N/c1-3-18-9-8-12-21(15-18)25-17-22(20-10-6-5-7-11-20)23-16-19(4-2)13-14-24(23)26-25/h1-2,5-17H. The molecule has 0 N–H and O–H groups in total. The first-order chi connectivity index (χ1) is 12.8. The summed E-state index contributed by atoms with van der Waals surface area (Å²) in [5.41, 5.74) is 6.72. The molecule has 0 unspecified atom stereocenters. The van der Waals surface area contributed by atoms with Crippen molar-refractivity contribution in [2.24, 2.45) is 0 Å². The summed E-state index contributed by atoms with van der Waals surface area (Å²) in [6, 6.07) is 26.2. The second kappa shape index (κ2) is 6.60. The van der Waals surface area contributed by atoms with Gasteiger partial charge in [0.05, 0.1) is 11.2 Å². The van der Waals surface area contributed by atoms with Crippen LogP contribution in [-0.4, -0.2) is 4.98 Å². The van der Waals surface area contributed by atoms with Crippen LogP contribution in [-0.2, 0) is 0 Å². The largest absolute Gasteiger partial charge is 0.248 e. The minimum atomic E-state index is 0.841. The molecule has 0 radical (unpaired) electrons. The van der Waals surface area contributed by atoms with Crippen LogP contribution in [0.1, 0.15) is 11.1 Å². The summed E-state index contributed by atoms with van der Waals surface area (Å²) in [7, 11) is 0. The highest BCUT2D eigenvalue weighted by Crippen LogP contribution is 2.32. The third-order valence-corrected chi connectivity index (χ3v) is 4.39. The van der Waals surface area contributed by atoms with E-state index >= 15 is 0 Å². The van der Waals surface area contributed by atoms with Gasteiger partial charge in [0.15, 0.2) is 0 Å². The number of terminal acetylenes is 2. The topological polar surface area (TPSA) is 12.9 Å². The molecular weight excluding hydrogens is 314 g/mol. The van der Waals surface area contributed by atoms with Crippen LogP contribution in [0, 0.1) is 24.7 Å². The Morgan fingerprint density at radius 3 is 2.15 bits per heavy atom. The van der Waals surface area contributed by atoms with Gasteiger partial charge in [-0.3, -0.25) is 0 Å². The summed E-state index contributed by atoms with van der Waals surface area (Å²) in [6.07, 6.45) is 11.1. The van der Waals surface area contributed by atoms with E-state index < -0.39 is 0 Å². The van der Waals surface area contributed by atoms with E-state index in [1.54, 1.807) is 0 Å². The van der Waals surface area contributed by atoms with Crippen molar-refractivity contribution in [2.45, 2.75) is 0 Å². The van der Waals surface area contributed by atoms with Crippen molar-refractivity contribution in [3.63, 3.8) is 0 Å². The molecule has 4 aromatic rings. The molecule has 0 bridgehead atoms. The Morgan fingerprint density at radius 2 is 1.38 bits per heavy atom. The van der Waals surface area contributed by atoms with Crippen molar-refractivity contribution in [1.29, 1.82) is 0 Å². The smallest absolute Gasteiger partial charge is 0.0716 e. The lowest BCUT2D eigenvalue weighted by molar-refractivity contribution is 1.39. The van der Waals surface area contributed by atoms with Gasteiger partial charge in [-0.15, -0.1) is 12.8 Å². The highest BCUT2D eigenvalue weighted by Gasteiger charge is 2.10. The maximum atomic E-state index is 5.59. The predicted molar refractivity (Wildman–Crippen MR) is 108 cm³/mol. The number of fused-ring (bicyclic) bond motifs is 1. The van der Waals surface area contributed by atoms with Crippen molar-refractivity contribution in [3.8, 4) is 47.1 Å². The minimum Gasteiger partial charge on any atom is -0.248 e. The molecule has 3 aromatic carbocycles. The molecule has 1 heteroatoms. The Labute approximate surface area is 153 Å². The van der Waals surface area contributed by atoms with E-state index in [0.717, 1.165) is 44.4 Å². The lowest BCUT2D eigenvalue weighted by Gasteiger charge is -2.11.